The first-order valence-electron chi connectivity index (χ1n) is 8.62. The SMILES string of the molecule is COc1ccc(C)cc1NC(=O)c1cc(NCc2ccc(C)cc2)ncn1. The number of nitrogens with one attached hydrogen (secondary N) is 2. The van der Waals surface area contributed by atoms with E-state index in [-0.39, 0.29) is 11.6 Å². The molecule has 0 saturated carbocycles. The lowest BCUT2D eigenvalue weighted by atomic mass is 10.1. The molecular weight excluding hydrogens is 340 g/mol. The fourth-order valence-corrected chi connectivity index (χ4v) is 2.58. The molecule has 0 aliphatic rings. The van der Waals surface area contributed by atoms with Crippen LogP contribution in [0.25, 0.3) is 0 Å². The highest BCUT2D eigenvalue weighted by molar-refractivity contribution is 6.04. The highest BCUT2D eigenvalue weighted by Gasteiger charge is 2.12. The first-order chi connectivity index (χ1) is 13.0. The van der Waals surface area contributed by atoms with E-state index in [1.807, 2.05) is 25.1 Å². The summed E-state index contributed by atoms with van der Waals surface area (Å²) in [6, 6.07) is 15.5. The fourth-order valence-electron chi connectivity index (χ4n) is 2.58. The number of benzene rings is 2. The van der Waals surface area contributed by atoms with Crippen molar-refractivity contribution in [1.82, 2.24) is 9.97 Å². The second-order valence-electron chi connectivity index (χ2n) is 6.29. The Hall–Kier alpha value is -3.41. The van der Waals surface area contributed by atoms with Crippen molar-refractivity contribution in [3.8, 4) is 5.75 Å². The summed E-state index contributed by atoms with van der Waals surface area (Å²) in [4.78, 5) is 20.8. The van der Waals surface area contributed by atoms with Gasteiger partial charge in [0.15, 0.2) is 0 Å². The molecule has 1 aromatic heterocycles. The molecule has 0 aliphatic carbocycles. The van der Waals surface area contributed by atoms with Crippen LogP contribution < -0.4 is 15.4 Å². The van der Waals surface area contributed by atoms with Crippen LogP contribution in [0.5, 0.6) is 5.75 Å². The van der Waals surface area contributed by atoms with E-state index >= 15 is 0 Å². The Balaban J connectivity index is 1.70. The van der Waals surface area contributed by atoms with Gasteiger partial charge in [0.1, 0.15) is 23.6 Å². The van der Waals surface area contributed by atoms with Gasteiger partial charge in [0, 0.05) is 12.6 Å². The van der Waals surface area contributed by atoms with Gasteiger partial charge in [-0.3, -0.25) is 4.79 Å². The summed E-state index contributed by atoms with van der Waals surface area (Å²) in [7, 11) is 1.57. The predicted molar refractivity (Wildman–Crippen MR) is 106 cm³/mol. The monoisotopic (exact) mass is 362 g/mol. The largest absolute Gasteiger partial charge is 0.495 e. The van der Waals surface area contributed by atoms with Gasteiger partial charge in [0.2, 0.25) is 0 Å². The van der Waals surface area contributed by atoms with Crippen LogP contribution in [0.1, 0.15) is 27.2 Å². The minimum Gasteiger partial charge on any atom is -0.495 e. The van der Waals surface area contributed by atoms with Crippen LogP contribution in [0.4, 0.5) is 11.5 Å². The number of nitrogens with zero attached hydrogens (tertiary/aromatic N) is 2. The van der Waals surface area contributed by atoms with Gasteiger partial charge in [-0.05, 0) is 37.1 Å². The second kappa shape index (κ2) is 8.31. The Kier molecular flexibility index (Phi) is 5.66. The van der Waals surface area contributed by atoms with Crippen molar-refractivity contribution >= 4 is 17.4 Å². The van der Waals surface area contributed by atoms with Crippen LogP contribution in [0.3, 0.4) is 0 Å². The Morgan fingerprint density at radius 2 is 1.74 bits per heavy atom. The lowest BCUT2D eigenvalue weighted by Gasteiger charge is -2.11. The number of ether oxygens (including phenoxy) is 1. The quantitative estimate of drug-likeness (QED) is 0.694. The first kappa shape index (κ1) is 18.4. The molecule has 2 aromatic carbocycles. The van der Waals surface area contributed by atoms with E-state index < -0.39 is 0 Å². The molecule has 0 atom stereocenters. The summed E-state index contributed by atoms with van der Waals surface area (Å²) < 4.78 is 5.30. The zero-order chi connectivity index (χ0) is 19.2. The highest BCUT2D eigenvalue weighted by atomic mass is 16.5. The summed E-state index contributed by atoms with van der Waals surface area (Å²) in [5.41, 5.74) is 4.26. The average molecular weight is 362 g/mol. The number of amides is 1. The number of aryl methyl sites for hydroxylation is 2. The van der Waals surface area contributed by atoms with Crippen molar-refractivity contribution in [2.24, 2.45) is 0 Å². The van der Waals surface area contributed by atoms with Crippen LogP contribution in [0.2, 0.25) is 0 Å². The van der Waals surface area contributed by atoms with Gasteiger partial charge in [-0.25, -0.2) is 9.97 Å². The van der Waals surface area contributed by atoms with Crippen molar-refractivity contribution < 1.29 is 9.53 Å². The molecule has 1 heterocycles. The van der Waals surface area contributed by atoms with Crippen LogP contribution in [-0.4, -0.2) is 23.0 Å². The number of aromatic nitrogens is 2. The zero-order valence-corrected chi connectivity index (χ0v) is 15.6. The molecule has 0 spiro atoms. The van der Waals surface area contributed by atoms with Crippen LogP contribution in [0, 0.1) is 13.8 Å². The molecule has 6 heteroatoms. The molecule has 0 unspecified atom stereocenters. The van der Waals surface area contributed by atoms with Crippen LogP contribution >= 0.6 is 0 Å². The van der Waals surface area contributed by atoms with Gasteiger partial charge in [0.05, 0.1) is 12.8 Å². The van der Waals surface area contributed by atoms with Gasteiger partial charge < -0.3 is 15.4 Å². The van der Waals surface area contributed by atoms with Gasteiger partial charge in [-0.15, -0.1) is 0 Å². The number of rotatable bonds is 6. The maximum absolute atomic E-state index is 12.6. The third-order valence-corrected chi connectivity index (χ3v) is 4.10. The molecule has 0 bridgehead atoms. The lowest BCUT2D eigenvalue weighted by molar-refractivity contribution is 0.102. The van der Waals surface area contributed by atoms with Gasteiger partial charge >= 0.3 is 0 Å². The fraction of sp³-hybridized carbons (Fsp3) is 0.190. The number of hydrogen-bond acceptors (Lipinski definition) is 5. The van der Waals surface area contributed by atoms with Gasteiger partial charge in [0.25, 0.3) is 5.91 Å². The number of anilines is 2. The van der Waals surface area contributed by atoms with E-state index in [1.165, 1.54) is 11.9 Å². The Morgan fingerprint density at radius 3 is 2.48 bits per heavy atom. The van der Waals surface area contributed by atoms with E-state index in [0.29, 0.717) is 23.8 Å². The molecule has 6 nitrogen and oxygen atoms in total. The molecule has 0 radical (unpaired) electrons. The highest BCUT2D eigenvalue weighted by Crippen LogP contribution is 2.25. The van der Waals surface area contributed by atoms with Crippen molar-refractivity contribution in [3.05, 3.63) is 77.2 Å². The Bertz CT molecular complexity index is 939. The number of carbonyl (C=O) groups is 1. The summed E-state index contributed by atoms with van der Waals surface area (Å²) in [5, 5.41) is 6.06. The molecule has 138 valence electrons. The maximum Gasteiger partial charge on any atom is 0.274 e. The zero-order valence-electron chi connectivity index (χ0n) is 15.6. The molecule has 1 amide bonds. The first-order valence-corrected chi connectivity index (χ1v) is 8.62. The summed E-state index contributed by atoms with van der Waals surface area (Å²) in [5.74, 6) is 0.868. The van der Waals surface area contributed by atoms with Crippen molar-refractivity contribution in [2.75, 3.05) is 17.7 Å². The summed E-state index contributed by atoms with van der Waals surface area (Å²) >= 11 is 0. The van der Waals surface area contributed by atoms with Crippen molar-refractivity contribution in [2.45, 2.75) is 20.4 Å². The lowest BCUT2D eigenvalue weighted by Crippen LogP contribution is -2.15. The minimum absolute atomic E-state index is 0.278. The predicted octanol–water partition coefficient (Wildman–Crippen LogP) is 3.97. The maximum atomic E-state index is 12.6. The standard InChI is InChI=1S/C21H22N4O2/c1-14-4-7-16(8-5-14)12-22-20-11-18(23-13-24-20)21(26)25-17-10-15(2)6-9-19(17)27-3/h4-11,13H,12H2,1-3H3,(H,25,26)(H,22,23,24). The summed E-state index contributed by atoms with van der Waals surface area (Å²) in [6.45, 7) is 4.62. The van der Waals surface area contributed by atoms with Crippen molar-refractivity contribution in [1.29, 1.82) is 0 Å². The van der Waals surface area contributed by atoms with Gasteiger partial charge in [-0.2, -0.15) is 0 Å². The average Bonchev–Trinajstić information content (AvgIpc) is 2.68. The van der Waals surface area contributed by atoms with E-state index in [2.05, 4.69) is 51.8 Å². The normalized spacial score (nSPS) is 10.3. The summed E-state index contributed by atoms with van der Waals surface area (Å²) in [6.07, 6.45) is 1.37. The number of carbonyl (C=O) groups excluding carboxylic acids is 1. The smallest absolute Gasteiger partial charge is 0.274 e. The molecular formula is C21H22N4O2. The van der Waals surface area contributed by atoms with Gasteiger partial charge in [-0.1, -0.05) is 35.9 Å². The van der Waals surface area contributed by atoms with Crippen LogP contribution in [-0.2, 0) is 6.54 Å². The molecule has 3 rings (SSSR count). The van der Waals surface area contributed by atoms with E-state index in [4.69, 9.17) is 4.74 Å². The van der Waals surface area contributed by atoms with E-state index in [9.17, 15) is 4.79 Å². The Labute approximate surface area is 158 Å². The Morgan fingerprint density at radius 1 is 1.00 bits per heavy atom. The molecule has 3 aromatic rings. The van der Waals surface area contributed by atoms with Crippen molar-refractivity contribution in [3.63, 3.8) is 0 Å². The molecule has 27 heavy (non-hydrogen) atoms. The third kappa shape index (κ3) is 4.82. The minimum atomic E-state index is -0.320. The second-order valence-corrected chi connectivity index (χ2v) is 6.29. The number of hydrogen-bond donors (Lipinski definition) is 2. The van der Waals surface area contributed by atoms with E-state index in [0.717, 1.165) is 11.1 Å². The van der Waals surface area contributed by atoms with Crippen LogP contribution in [0.15, 0.2) is 54.9 Å². The molecule has 2 N–H and O–H groups in total. The molecule has 0 saturated heterocycles. The molecule has 0 aliphatic heterocycles. The third-order valence-electron chi connectivity index (χ3n) is 4.10. The molecule has 0 fully saturated rings. The number of methoxy groups -OCH3 is 1. The van der Waals surface area contributed by atoms with E-state index in [1.54, 1.807) is 13.2 Å². The topological polar surface area (TPSA) is 76.1 Å².